The fourth-order valence-electron chi connectivity index (χ4n) is 1.91. The highest BCUT2D eigenvalue weighted by Crippen LogP contribution is 2.29. The van der Waals surface area contributed by atoms with Gasteiger partial charge in [-0.25, -0.2) is 4.79 Å². The number of aromatic nitrogens is 1. The van der Waals surface area contributed by atoms with Gasteiger partial charge in [0.05, 0.1) is 16.1 Å². The first-order valence-corrected chi connectivity index (χ1v) is 5.46. The summed E-state index contributed by atoms with van der Waals surface area (Å²) in [5, 5.41) is 10.3. The van der Waals surface area contributed by atoms with Crippen LogP contribution in [0.2, 0.25) is 5.02 Å². The lowest BCUT2D eigenvalue weighted by molar-refractivity contribution is 0.0697. The van der Waals surface area contributed by atoms with Gasteiger partial charge in [-0.1, -0.05) is 18.5 Å². The molecule has 0 unspecified atom stereocenters. The maximum absolute atomic E-state index is 10.9. The maximum atomic E-state index is 10.9. The molecular formula is C12H12ClNO2. The Labute approximate surface area is 98.0 Å². The molecule has 0 spiro atoms. The minimum Gasteiger partial charge on any atom is -0.478 e. The first-order chi connectivity index (χ1) is 7.54. The van der Waals surface area contributed by atoms with E-state index in [1.165, 1.54) is 6.07 Å². The average Bonchev–Trinajstić information content (AvgIpc) is 2.56. The molecule has 0 aliphatic rings. The number of benzene rings is 1. The number of rotatable bonds is 2. The quantitative estimate of drug-likeness (QED) is 0.841. The molecule has 0 saturated carbocycles. The molecule has 2 rings (SSSR count). The SMILES string of the molecule is CCc1[nH]c2c(Cl)cc(C(=O)O)cc2c1C. The van der Waals surface area contributed by atoms with Crippen molar-refractivity contribution < 1.29 is 9.90 Å². The van der Waals surface area contributed by atoms with Crippen LogP contribution in [0.1, 0.15) is 28.5 Å². The molecule has 4 heteroatoms. The topological polar surface area (TPSA) is 53.1 Å². The Balaban J connectivity index is 2.80. The molecule has 0 aliphatic carbocycles. The van der Waals surface area contributed by atoms with E-state index in [-0.39, 0.29) is 5.56 Å². The van der Waals surface area contributed by atoms with Gasteiger partial charge in [0.15, 0.2) is 0 Å². The number of nitrogens with one attached hydrogen (secondary N) is 1. The molecule has 0 aliphatic heterocycles. The van der Waals surface area contributed by atoms with Gasteiger partial charge < -0.3 is 10.1 Å². The van der Waals surface area contributed by atoms with Gasteiger partial charge in [0.25, 0.3) is 0 Å². The molecule has 0 saturated heterocycles. The number of H-pyrrole nitrogens is 1. The fraction of sp³-hybridized carbons (Fsp3) is 0.250. The van der Waals surface area contributed by atoms with Crippen molar-refractivity contribution >= 4 is 28.5 Å². The minimum atomic E-state index is -0.956. The van der Waals surface area contributed by atoms with Gasteiger partial charge in [0.1, 0.15) is 0 Å². The van der Waals surface area contributed by atoms with Crippen LogP contribution in [0.25, 0.3) is 10.9 Å². The van der Waals surface area contributed by atoms with Crippen LogP contribution in [0.4, 0.5) is 0 Å². The number of hydrogen-bond donors (Lipinski definition) is 2. The van der Waals surface area contributed by atoms with E-state index < -0.39 is 5.97 Å². The lowest BCUT2D eigenvalue weighted by atomic mass is 10.1. The van der Waals surface area contributed by atoms with Gasteiger partial charge in [-0.15, -0.1) is 0 Å². The van der Waals surface area contributed by atoms with Crippen LogP contribution in [0.5, 0.6) is 0 Å². The largest absolute Gasteiger partial charge is 0.478 e. The number of aryl methyl sites for hydroxylation is 2. The molecule has 1 heterocycles. The van der Waals surface area contributed by atoms with Gasteiger partial charge in [-0.2, -0.15) is 0 Å². The van der Waals surface area contributed by atoms with Crippen LogP contribution in [0.3, 0.4) is 0 Å². The summed E-state index contributed by atoms with van der Waals surface area (Å²) in [6, 6.07) is 3.14. The Hall–Kier alpha value is -1.48. The zero-order valence-corrected chi connectivity index (χ0v) is 9.85. The molecule has 1 aromatic carbocycles. The molecule has 0 radical (unpaired) electrons. The van der Waals surface area contributed by atoms with Crippen molar-refractivity contribution in [2.45, 2.75) is 20.3 Å². The van der Waals surface area contributed by atoms with Gasteiger partial charge >= 0.3 is 5.97 Å². The van der Waals surface area contributed by atoms with Crippen molar-refractivity contribution in [1.82, 2.24) is 4.98 Å². The van der Waals surface area contributed by atoms with Crippen LogP contribution >= 0.6 is 11.6 Å². The van der Waals surface area contributed by atoms with Crippen LogP contribution in [-0.2, 0) is 6.42 Å². The Bertz CT molecular complexity index is 572. The normalized spacial score (nSPS) is 10.9. The van der Waals surface area contributed by atoms with Crippen molar-refractivity contribution in [2.24, 2.45) is 0 Å². The summed E-state index contributed by atoms with van der Waals surface area (Å²) in [7, 11) is 0. The first kappa shape index (κ1) is 11.0. The third-order valence-corrected chi connectivity index (χ3v) is 3.12. The zero-order valence-electron chi connectivity index (χ0n) is 9.10. The molecule has 0 bridgehead atoms. The summed E-state index contributed by atoms with van der Waals surface area (Å²) in [4.78, 5) is 14.1. The molecule has 16 heavy (non-hydrogen) atoms. The highest BCUT2D eigenvalue weighted by atomic mass is 35.5. The molecule has 0 atom stereocenters. The summed E-state index contributed by atoms with van der Waals surface area (Å²) in [5.74, 6) is -0.956. The average molecular weight is 238 g/mol. The van der Waals surface area contributed by atoms with Crippen molar-refractivity contribution in [1.29, 1.82) is 0 Å². The van der Waals surface area contributed by atoms with E-state index in [0.29, 0.717) is 5.02 Å². The number of aromatic amines is 1. The van der Waals surface area contributed by atoms with E-state index in [1.807, 2.05) is 13.8 Å². The van der Waals surface area contributed by atoms with E-state index >= 15 is 0 Å². The molecule has 3 nitrogen and oxygen atoms in total. The summed E-state index contributed by atoms with van der Waals surface area (Å²) < 4.78 is 0. The highest BCUT2D eigenvalue weighted by Gasteiger charge is 2.13. The van der Waals surface area contributed by atoms with E-state index in [4.69, 9.17) is 16.7 Å². The number of aromatic carboxylic acids is 1. The Morgan fingerprint density at radius 2 is 2.19 bits per heavy atom. The van der Waals surface area contributed by atoms with Crippen molar-refractivity contribution in [3.05, 3.63) is 34.0 Å². The Morgan fingerprint density at radius 3 is 2.75 bits per heavy atom. The summed E-state index contributed by atoms with van der Waals surface area (Å²) in [6.07, 6.45) is 0.874. The van der Waals surface area contributed by atoms with Crippen LogP contribution in [0.15, 0.2) is 12.1 Å². The van der Waals surface area contributed by atoms with Crippen molar-refractivity contribution in [2.75, 3.05) is 0 Å². The Morgan fingerprint density at radius 1 is 1.50 bits per heavy atom. The number of carbonyl (C=O) groups is 1. The molecule has 1 aromatic heterocycles. The summed E-state index contributed by atoms with van der Waals surface area (Å²) in [6.45, 7) is 4.02. The van der Waals surface area contributed by atoms with E-state index in [2.05, 4.69) is 4.98 Å². The number of halogens is 1. The third-order valence-electron chi connectivity index (χ3n) is 2.82. The second kappa shape index (κ2) is 3.83. The van der Waals surface area contributed by atoms with Gasteiger partial charge in [-0.05, 0) is 31.0 Å². The monoisotopic (exact) mass is 237 g/mol. The maximum Gasteiger partial charge on any atom is 0.335 e. The predicted octanol–water partition coefficient (Wildman–Crippen LogP) is 3.39. The molecular weight excluding hydrogens is 226 g/mol. The third kappa shape index (κ3) is 1.57. The summed E-state index contributed by atoms with van der Waals surface area (Å²) >= 11 is 6.05. The van der Waals surface area contributed by atoms with Crippen molar-refractivity contribution in [3.8, 4) is 0 Å². The van der Waals surface area contributed by atoms with Crippen molar-refractivity contribution in [3.63, 3.8) is 0 Å². The van der Waals surface area contributed by atoms with E-state index in [1.54, 1.807) is 6.07 Å². The van der Waals surface area contributed by atoms with E-state index in [9.17, 15) is 4.79 Å². The van der Waals surface area contributed by atoms with Gasteiger partial charge in [0.2, 0.25) is 0 Å². The smallest absolute Gasteiger partial charge is 0.335 e. The number of hydrogen-bond acceptors (Lipinski definition) is 1. The standard InChI is InChI=1S/C12H12ClNO2/c1-3-10-6(2)8-4-7(12(15)16)5-9(13)11(8)14-10/h4-5,14H,3H2,1-2H3,(H,15,16). The number of carboxylic acid groups (broad SMARTS) is 1. The lowest BCUT2D eigenvalue weighted by Gasteiger charge is -1.98. The predicted molar refractivity (Wildman–Crippen MR) is 64.4 cm³/mol. The second-order valence-electron chi connectivity index (χ2n) is 3.77. The molecule has 2 N–H and O–H groups in total. The molecule has 0 fully saturated rings. The van der Waals surface area contributed by atoms with Crippen LogP contribution < -0.4 is 0 Å². The highest BCUT2D eigenvalue weighted by molar-refractivity contribution is 6.35. The first-order valence-electron chi connectivity index (χ1n) is 5.08. The number of carboxylic acids is 1. The summed E-state index contributed by atoms with van der Waals surface area (Å²) in [5.41, 5.74) is 3.21. The fourth-order valence-corrected chi connectivity index (χ4v) is 2.18. The van der Waals surface area contributed by atoms with Crippen LogP contribution in [0, 0.1) is 6.92 Å². The zero-order chi connectivity index (χ0) is 11.9. The molecule has 2 aromatic rings. The van der Waals surface area contributed by atoms with Crippen LogP contribution in [-0.4, -0.2) is 16.1 Å². The van der Waals surface area contributed by atoms with E-state index in [0.717, 1.165) is 28.6 Å². The van der Waals surface area contributed by atoms with Gasteiger partial charge in [-0.3, -0.25) is 0 Å². The second-order valence-corrected chi connectivity index (χ2v) is 4.18. The van der Waals surface area contributed by atoms with Gasteiger partial charge in [0, 0.05) is 11.1 Å². The molecule has 0 amide bonds. The Kier molecular flexibility index (Phi) is 2.64. The lowest BCUT2D eigenvalue weighted by Crippen LogP contribution is -1.95. The molecule has 84 valence electrons. The minimum absolute atomic E-state index is 0.224. The number of fused-ring (bicyclic) bond motifs is 1.